The predicted molar refractivity (Wildman–Crippen MR) is 74.5 cm³/mol. The molecule has 1 aromatic heterocycles. The average Bonchev–Trinajstić information content (AvgIpc) is 2.80. The molecule has 2 rings (SSSR count). The number of esters is 1. The van der Waals surface area contributed by atoms with Crippen molar-refractivity contribution in [3.63, 3.8) is 0 Å². The third-order valence-electron chi connectivity index (χ3n) is 3.07. The minimum atomic E-state index is -0.853. The maximum Gasteiger partial charge on any atom is 0.351 e. The highest BCUT2D eigenvalue weighted by atomic mass is 16.7. The van der Waals surface area contributed by atoms with E-state index in [9.17, 15) is 9.59 Å². The fraction of sp³-hybridized carbons (Fsp3) is 0.462. The topological polar surface area (TPSA) is 90.4 Å². The van der Waals surface area contributed by atoms with Crippen LogP contribution in [0.25, 0.3) is 0 Å². The van der Waals surface area contributed by atoms with Crippen LogP contribution in [0.1, 0.15) is 6.42 Å². The number of hydroxylamine groups is 2. The summed E-state index contributed by atoms with van der Waals surface area (Å²) in [6, 6.07) is 2.66. The number of amides is 2. The summed E-state index contributed by atoms with van der Waals surface area (Å²) in [5.74, 6) is 0.474. The Hall–Kier alpha value is -2.55. The van der Waals surface area contributed by atoms with Gasteiger partial charge in [-0.05, 0) is 0 Å². The maximum atomic E-state index is 12.2. The van der Waals surface area contributed by atoms with Crippen LogP contribution in [0.3, 0.4) is 0 Å². The number of ether oxygens (including phenoxy) is 3. The van der Waals surface area contributed by atoms with Gasteiger partial charge in [-0.15, -0.1) is 0 Å². The molecule has 1 fully saturated rings. The Morgan fingerprint density at radius 3 is 2.64 bits per heavy atom. The average molecular weight is 311 g/mol. The predicted octanol–water partition coefficient (Wildman–Crippen LogP) is 0.791. The van der Waals surface area contributed by atoms with Gasteiger partial charge in [0.05, 0.1) is 27.8 Å². The number of aromatic nitrogens is 1. The van der Waals surface area contributed by atoms with E-state index in [1.807, 2.05) is 0 Å². The largest absolute Gasteiger partial charge is 0.496 e. The van der Waals surface area contributed by atoms with Crippen LogP contribution in [0, 0.1) is 0 Å². The van der Waals surface area contributed by atoms with E-state index in [1.54, 1.807) is 12.1 Å². The number of nitrogens with zero attached hydrogens (tertiary/aromatic N) is 3. The molecule has 120 valence electrons. The Balaban J connectivity index is 2.37. The summed E-state index contributed by atoms with van der Waals surface area (Å²) in [6.45, 7) is 0. The lowest BCUT2D eigenvalue weighted by Gasteiger charge is -2.20. The monoisotopic (exact) mass is 311 g/mol. The van der Waals surface area contributed by atoms with Gasteiger partial charge in [0, 0.05) is 19.2 Å². The lowest BCUT2D eigenvalue weighted by Crippen LogP contribution is -2.36. The number of hydrogen-bond donors (Lipinski definition) is 0. The van der Waals surface area contributed by atoms with Gasteiger partial charge >= 0.3 is 12.0 Å². The first kappa shape index (κ1) is 15.8. The van der Waals surface area contributed by atoms with Crippen molar-refractivity contribution >= 4 is 17.8 Å². The fourth-order valence-corrected chi connectivity index (χ4v) is 1.96. The molecule has 0 radical (unpaired) electrons. The van der Waals surface area contributed by atoms with E-state index in [1.165, 1.54) is 33.3 Å². The van der Waals surface area contributed by atoms with Crippen LogP contribution < -0.4 is 14.4 Å². The van der Waals surface area contributed by atoms with Crippen molar-refractivity contribution in [3.8, 4) is 11.6 Å². The number of anilines is 1. The second kappa shape index (κ2) is 6.48. The van der Waals surface area contributed by atoms with E-state index in [0.29, 0.717) is 5.75 Å². The highest BCUT2D eigenvalue weighted by Crippen LogP contribution is 2.30. The zero-order valence-electron chi connectivity index (χ0n) is 12.7. The molecule has 0 saturated carbocycles. The highest BCUT2D eigenvalue weighted by Gasteiger charge is 2.40. The van der Waals surface area contributed by atoms with Crippen LogP contribution in [0.4, 0.5) is 10.6 Å². The molecule has 0 N–H and O–H groups in total. The molecule has 22 heavy (non-hydrogen) atoms. The third-order valence-corrected chi connectivity index (χ3v) is 3.07. The molecule has 9 nitrogen and oxygen atoms in total. The minimum Gasteiger partial charge on any atom is -0.496 e. The van der Waals surface area contributed by atoms with Gasteiger partial charge in [-0.25, -0.2) is 19.6 Å². The molecule has 1 aromatic rings. The van der Waals surface area contributed by atoms with Gasteiger partial charge in [0.25, 0.3) is 0 Å². The molecule has 2 heterocycles. The van der Waals surface area contributed by atoms with Gasteiger partial charge in [0.15, 0.2) is 6.23 Å². The SMILES string of the molecule is COC(=O)CC1ON(C)C(=O)N1c1cc(OC)cc(OC)n1. The summed E-state index contributed by atoms with van der Waals surface area (Å²) in [6.07, 6.45) is -0.984. The number of methoxy groups -OCH3 is 3. The van der Waals surface area contributed by atoms with Crippen molar-refractivity contribution in [2.24, 2.45) is 0 Å². The Labute approximate surface area is 127 Å². The van der Waals surface area contributed by atoms with Crippen molar-refractivity contribution in [3.05, 3.63) is 12.1 Å². The van der Waals surface area contributed by atoms with E-state index < -0.39 is 18.2 Å². The first-order chi connectivity index (χ1) is 10.5. The molecular weight excluding hydrogens is 294 g/mol. The maximum absolute atomic E-state index is 12.2. The molecule has 1 atom stereocenters. The van der Waals surface area contributed by atoms with Crippen LogP contribution in [0.5, 0.6) is 11.6 Å². The zero-order chi connectivity index (χ0) is 16.3. The number of hydrogen-bond acceptors (Lipinski definition) is 7. The molecule has 0 bridgehead atoms. The van der Waals surface area contributed by atoms with E-state index in [0.717, 1.165) is 5.06 Å². The number of carbonyl (C=O) groups excluding carboxylic acids is 2. The van der Waals surface area contributed by atoms with Gasteiger partial charge in [0.1, 0.15) is 11.6 Å². The minimum absolute atomic E-state index is 0.131. The second-order valence-corrected chi connectivity index (χ2v) is 4.40. The molecule has 1 saturated heterocycles. The summed E-state index contributed by atoms with van der Waals surface area (Å²) < 4.78 is 14.8. The Morgan fingerprint density at radius 2 is 2.05 bits per heavy atom. The quantitative estimate of drug-likeness (QED) is 0.742. The van der Waals surface area contributed by atoms with Crippen molar-refractivity contribution in [2.45, 2.75) is 12.6 Å². The number of urea groups is 1. The van der Waals surface area contributed by atoms with E-state index in [4.69, 9.17) is 14.3 Å². The van der Waals surface area contributed by atoms with E-state index in [-0.39, 0.29) is 18.1 Å². The number of carbonyl (C=O) groups is 2. The van der Waals surface area contributed by atoms with Gasteiger partial charge in [-0.1, -0.05) is 0 Å². The fourth-order valence-electron chi connectivity index (χ4n) is 1.96. The summed E-state index contributed by atoms with van der Waals surface area (Å²) in [5.41, 5.74) is 0. The van der Waals surface area contributed by atoms with Crippen LogP contribution >= 0.6 is 0 Å². The van der Waals surface area contributed by atoms with Crippen LogP contribution in [0.15, 0.2) is 12.1 Å². The number of pyridine rings is 1. The third kappa shape index (κ3) is 3.03. The molecular formula is C13H17N3O6. The molecule has 0 spiro atoms. The summed E-state index contributed by atoms with van der Waals surface area (Å²) in [5, 5.41) is 1.03. The second-order valence-electron chi connectivity index (χ2n) is 4.40. The molecule has 1 unspecified atom stereocenters. The van der Waals surface area contributed by atoms with Crippen molar-refractivity contribution in [1.29, 1.82) is 0 Å². The standard InChI is InChI=1S/C13H17N3O6/c1-15-13(18)16(11(22-15)7-12(17)21-4)9-5-8(19-2)6-10(14-9)20-3/h5-6,11H,7H2,1-4H3. The summed E-state index contributed by atoms with van der Waals surface area (Å²) in [4.78, 5) is 34.5. The highest BCUT2D eigenvalue weighted by molar-refractivity contribution is 5.93. The molecule has 1 aliphatic rings. The van der Waals surface area contributed by atoms with Crippen LogP contribution in [-0.4, -0.2) is 56.7 Å². The van der Waals surface area contributed by atoms with Crippen molar-refractivity contribution < 1.29 is 28.6 Å². The van der Waals surface area contributed by atoms with Crippen LogP contribution in [0.2, 0.25) is 0 Å². The van der Waals surface area contributed by atoms with Gasteiger partial charge in [0.2, 0.25) is 5.88 Å². The van der Waals surface area contributed by atoms with Crippen molar-refractivity contribution in [2.75, 3.05) is 33.3 Å². The van der Waals surface area contributed by atoms with E-state index >= 15 is 0 Å². The lowest BCUT2D eigenvalue weighted by atomic mass is 10.3. The van der Waals surface area contributed by atoms with Crippen LogP contribution in [-0.2, 0) is 14.4 Å². The summed E-state index contributed by atoms with van der Waals surface area (Å²) >= 11 is 0. The number of rotatable bonds is 5. The lowest BCUT2D eigenvalue weighted by molar-refractivity contribution is -0.150. The van der Waals surface area contributed by atoms with Gasteiger partial charge < -0.3 is 14.2 Å². The molecule has 0 aromatic carbocycles. The molecule has 9 heteroatoms. The van der Waals surface area contributed by atoms with E-state index in [2.05, 4.69) is 9.72 Å². The van der Waals surface area contributed by atoms with Crippen molar-refractivity contribution in [1.82, 2.24) is 10.0 Å². The first-order valence-electron chi connectivity index (χ1n) is 6.40. The van der Waals surface area contributed by atoms with Gasteiger partial charge in [-0.2, -0.15) is 4.98 Å². The molecule has 0 aliphatic carbocycles. The molecule has 1 aliphatic heterocycles. The Bertz CT molecular complexity index is 557. The first-order valence-corrected chi connectivity index (χ1v) is 6.40. The molecule has 2 amide bonds. The summed E-state index contributed by atoms with van der Waals surface area (Å²) in [7, 11) is 5.65. The normalized spacial score (nSPS) is 17.6. The Morgan fingerprint density at radius 1 is 1.32 bits per heavy atom. The smallest absolute Gasteiger partial charge is 0.351 e. The Kier molecular flexibility index (Phi) is 4.66. The van der Waals surface area contributed by atoms with Gasteiger partial charge in [-0.3, -0.25) is 4.79 Å². The zero-order valence-corrected chi connectivity index (χ0v) is 12.7.